The van der Waals surface area contributed by atoms with Crippen LogP contribution < -0.4 is 10.7 Å². The molecule has 2 fully saturated rings. The molecule has 3 aliphatic rings. The standard InChI is InChI=1S/C20H31N5/c1-3-7-18(21)17-14-24-23-12-8-19(16(17)2)25-13-6-10-20(15-25)9-4-5-11-22-20/h8,12,14,21-22,24H,2-7,9-11,13,15H2,1H3/b17-14+,19-8+,21-18?,23-12-. The van der Waals surface area contributed by atoms with E-state index in [4.69, 9.17) is 5.41 Å². The van der Waals surface area contributed by atoms with E-state index in [1.165, 1.54) is 32.1 Å². The maximum atomic E-state index is 8.40. The van der Waals surface area contributed by atoms with Gasteiger partial charge in [-0.1, -0.05) is 26.3 Å². The predicted octanol–water partition coefficient (Wildman–Crippen LogP) is 3.33. The Kier molecular flexibility index (Phi) is 5.74. The maximum absolute atomic E-state index is 8.40. The highest BCUT2D eigenvalue weighted by atomic mass is 15.3. The smallest absolute Gasteiger partial charge is 0.0492 e. The second-order valence-electron chi connectivity index (χ2n) is 7.41. The largest absolute Gasteiger partial charge is 0.369 e. The van der Waals surface area contributed by atoms with Gasteiger partial charge in [0.1, 0.15) is 0 Å². The average molecular weight is 342 g/mol. The Balaban J connectivity index is 1.82. The van der Waals surface area contributed by atoms with Crippen LogP contribution in [0.2, 0.25) is 0 Å². The molecule has 1 unspecified atom stereocenters. The van der Waals surface area contributed by atoms with Gasteiger partial charge in [0.05, 0.1) is 0 Å². The first-order chi connectivity index (χ1) is 12.2. The monoisotopic (exact) mass is 341 g/mol. The van der Waals surface area contributed by atoms with Crippen molar-refractivity contribution in [1.82, 2.24) is 15.6 Å². The molecular weight excluding hydrogens is 310 g/mol. The van der Waals surface area contributed by atoms with Crippen LogP contribution in [0.1, 0.15) is 51.9 Å². The molecule has 1 spiro atoms. The van der Waals surface area contributed by atoms with E-state index in [0.717, 1.165) is 49.3 Å². The predicted molar refractivity (Wildman–Crippen MR) is 105 cm³/mol. The molecule has 3 heterocycles. The molecule has 3 N–H and O–H groups in total. The summed E-state index contributed by atoms with van der Waals surface area (Å²) in [6, 6.07) is 0. The van der Waals surface area contributed by atoms with Gasteiger partial charge in [-0.2, -0.15) is 5.10 Å². The molecule has 3 rings (SSSR count). The zero-order valence-electron chi connectivity index (χ0n) is 15.4. The molecule has 0 aliphatic carbocycles. The summed E-state index contributed by atoms with van der Waals surface area (Å²) < 4.78 is 0. The van der Waals surface area contributed by atoms with Crippen molar-refractivity contribution in [3.8, 4) is 0 Å². The van der Waals surface area contributed by atoms with Crippen molar-refractivity contribution in [2.75, 3.05) is 19.6 Å². The minimum atomic E-state index is 0.246. The minimum absolute atomic E-state index is 0.246. The van der Waals surface area contributed by atoms with Crippen LogP contribution in [0.3, 0.4) is 0 Å². The van der Waals surface area contributed by atoms with Crippen molar-refractivity contribution in [3.63, 3.8) is 0 Å². The van der Waals surface area contributed by atoms with E-state index in [0.29, 0.717) is 5.71 Å². The molecule has 5 nitrogen and oxygen atoms in total. The molecule has 0 amide bonds. The van der Waals surface area contributed by atoms with Gasteiger partial charge in [0, 0.05) is 53.6 Å². The van der Waals surface area contributed by atoms with Gasteiger partial charge in [-0.25, -0.2) is 0 Å². The number of piperidine rings is 2. The molecule has 0 bridgehead atoms. The summed E-state index contributed by atoms with van der Waals surface area (Å²) in [5.41, 5.74) is 6.72. The zero-order chi connectivity index (χ0) is 17.7. The lowest BCUT2D eigenvalue weighted by Crippen LogP contribution is -2.58. The number of hydrogen-bond donors (Lipinski definition) is 3. The molecule has 1 atom stereocenters. The Hall–Kier alpha value is -1.88. The number of rotatable bonds is 4. The van der Waals surface area contributed by atoms with Crippen molar-refractivity contribution in [3.05, 3.63) is 35.7 Å². The molecular formula is C20H31N5. The summed E-state index contributed by atoms with van der Waals surface area (Å²) in [5.74, 6) is 0. The fourth-order valence-electron chi connectivity index (χ4n) is 4.24. The molecule has 3 aliphatic heterocycles. The molecule has 0 aromatic carbocycles. The Bertz CT molecular complexity index is 602. The Morgan fingerprint density at radius 2 is 2.20 bits per heavy atom. The third-order valence-electron chi connectivity index (χ3n) is 5.55. The van der Waals surface area contributed by atoms with E-state index in [-0.39, 0.29) is 5.54 Å². The van der Waals surface area contributed by atoms with Crippen LogP contribution >= 0.6 is 0 Å². The molecule has 0 saturated carbocycles. The van der Waals surface area contributed by atoms with Crippen LogP contribution in [0.25, 0.3) is 0 Å². The maximum Gasteiger partial charge on any atom is 0.0492 e. The molecule has 0 radical (unpaired) electrons. The number of hydrogen-bond acceptors (Lipinski definition) is 5. The van der Waals surface area contributed by atoms with Gasteiger partial charge in [0.15, 0.2) is 0 Å². The van der Waals surface area contributed by atoms with Crippen LogP contribution in [0.15, 0.2) is 40.8 Å². The second kappa shape index (κ2) is 8.00. The van der Waals surface area contributed by atoms with Gasteiger partial charge in [0.25, 0.3) is 0 Å². The Morgan fingerprint density at radius 3 is 2.96 bits per heavy atom. The Morgan fingerprint density at radius 1 is 1.36 bits per heavy atom. The van der Waals surface area contributed by atoms with Crippen molar-refractivity contribution >= 4 is 11.9 Å². The van der Waals surface area contributed by atoms with E-state index < -0.39 is 0 Å². The number of hydrazone groups is 1. The first kappa shape index (κ1) is 17.9. The van der Waals surface area contributed by atoms with E-state index >= 15 is 0 Å². The van der Waals surface area contributed by atoms with Gasteiger partial charge in [0.2, 0.25) is 0 Å². The van der Waals surface area contributed by atoms with E-state index in [1.807, 2.05) is 12.3 Å². The molecule has 136 valence electrons. The van der Waals surface area contributed by atoms with Crippen LogP contribution in [-0.4, -0.2) is 42.0 Å². The first-order valence-electron chi connectivity index (χ1n) is 9.62. The average Bonchev–Trinajstić information content (AvgIpc) is 2.59. The van der Waals surface area contributed by atoms with Crippen molar-refractivity contribution in [2.24, 2.45) is 5.10 Å². The van der Waals surface area contributed by atoms with E-state index in [1.54, 1.807) is 6.21 Å². The lowest BCUT2D eigenvalue weighted by Gasteiger charge is -2.47. The van der Waals surface area contributed by atoms with Crippen LogP contribution in [0, 0.1) is 5.41 Å². The molecule has 0 aromatic heterocycles. The topological polar surface area (TPSA) is 63.5 Å². The molecule has 0 aromatic rings. The number of nitrogens with one attached hydrogen (secondary N) is 3. The number of nitrogens with zero attached hydrogens (tertiary/aromatic N) is 2. The molecule has 2 saturated heterocycles. The van der Waals surface area contributed by atoms with Crippen molar-refractivity contribution in [2.45, 2.75) is 57.4 Å². The lowest BCUT2D eigenvalue weighted by molar-refractivity contribution is 0.124. The highest BCUT2D eigenvalue weighted by Crippen LogP contribution is 2.33. The number of allylic oxidation sites excluding steroid dienone is 2. The van der Waals surface area contributed by atoms with Crippen LogP contribution in [0.4, 0.5) is 0 Å². The van der Waals surface area contributed by atoms with Crippen LogP contribution in [0.5, 0.6) is 0 Å². The summed E-state index contributed by atoms with van der Waals surface area (Å²) in [7, 11) is 0. The third kappa shape index (κ3) is 4.03. The first-order valence-corrected chi connectivity index (χ1v) is 9.62. The zero-order valence-corrected chi connectivity index (χ0v) is 15.4. The quantitative estimate of drug-likeness (QED) is 0.687. The van der Waals surface area contributed by atoms with Crippen molar-refractivity contribution in [1.29, 1.82) is 5.41 Å². The Labute approximate surface area is 151 Å². The summed E-state index contributed by atoms with van der Waals surface area (Å²) in [4.78, 5) is 2.45. The van der Waals surface area contributed by atoms with E-state index in [9.17, 15) is 0 Å². The van der Waals surface area contributed by atoms with Crippen molar-refractivity contribution < 1.29 is 0 Å². The van der Waals surface area contributed by atoms with Crippen LogP contribution in [-0.2, 0) is 0 Å². The number of likely N-dealkylation sites (tertiary alicyclic amines) is 1. The summed E-state index contributed by atoms with van der Waals surface area (Å²) in [5, 5.41) is 16.4. The lowest BCUT2D eigenvalue weighted by atomic mass is 9.81. The third-order valence-corrected chi connectivity index (χ3v) is 5.55. The molecule has 25 heavy (non-hydrogen) atoms. The summed E-state index contributed by atoms with van der Waals surface area (Å²) in [6.07, 6.45) is 13.7. The molecule has 5 heteroatoms. The highest BCUT2D eigenvalue weighted by molar-refractivity contribution is 6.02. The van der Waals surface area contributed by atoms with E-state index in [2.05, 4.69) is 34.2 Å². The van der Waals surface area contributed by atoms with Gasteiger partial charge >= 0.3 is 0 Å². The second-order valence-corrected chi connectivity index (χ2v) is 7.41. The fourth-order valence-corrected chi connectivity index (χ4v) is 4.24. The van der Waals surface area contributed by atoms with Gasteiger partial charge in [-0.3, -0.25) is 5.43 Å². The van der Waals surface area contributed by atoms with Gasteiger partial charge in [-0.15, -0.1) is 0 Å². The normalized spacial score (nSPS) is 32.7. The fraction of sp³-hybridized carbons (Fsp3) is 0.600. The summed E-state index contributed by atoms with van der Waals surface area (Å²) in [6.45, 7) is 9.65. The minimum Gasteiger partial charge on any atom is -0.369 e. The summed E-state index contributed by atoms with van der Waals surface area (Å²) >= 11 is 0. The van der Waals surface area contributed by atoms with Gasteiger partial charge in [-0.05, 0) is 44.7 Å². The van der Waals surface area contributed by atoms with Gasteiger partial charge < -0.3 is 15.6 Å². The highest BCUT2D eigenvalue weighted by Gasteiger charge is 2.37. The SMILES string of the molecule is C=C1/C(C(=N)CCC)=C\N/N=C\C=C/1N1CCCC2(CCCCN2)C1.